The highest BCUT2D eigenvalue weighted by molar-refractivity contribution is 6.00. The maximum absolute atomic E-state index is 12.5. The number of carbonyl (C=O) groups is 2. The second-order valence-electron chi connectivity index (χ2n) is 7.03. The topological polar surface area (TPSA) is 84.0 Å². The van der Waals surface area contributed by atoms with E-state index in [1.807, 2.05) is 0 Å². The molecule has 3 fully saturated rings. The van der Waals surface area contributed by atoms with Gasteiger partial charge in [-0.15, -0.1) is 0 Å². The van der Waals surface area contributed by atoms with Gasteiger partial charge in [0.25, 0.3) is 0 Å². The first-order valence-electron chi connectivity index (χ1n) is 8.00. The minimum Gasteiger partial charge on any atom is -0.342 e. The van der Waals surface area contributed by atoms with Crippen molar-refractivity contribution in [2.45, 2.75) is 56.5 Å². The smallest absolute Gasteiger partial charge is 0.246 e. The van der Waals surface area contributed by atoms with Gasteiger partial charge in [0.05, 0.1) is 0 Å². The van der Waals surface area contributed by atoms with Crippen LogP contribution in [0.15, 0.2) is 18.5 Å². The third kappa shape index (κ3) is 2.09. The Morgan fingerprint density at radius 3 is 2.50 bits per heavy atom. The average molecular weight is 300 g/mol. The van der Waals surface area contributed by atoms with Crippen molar-refractivity contribution >= 4 is 11.8 Å². The van der Waals surface area contributed by atoms with Gasteiger partial charge < -0.3 is 10.6 Å². The van der Waals surface area contributed by atoms with Crippen LogP contribution < -0.4 is 10.6 Å². The van der Waals surface area contributed by atoms with E-state index in [4.69, 9.17) is 0 Å². The van der Waals surface area contributed by atoms with Crippen LogP contribution in [-0.2, 0) is 16.0 Å². The van der Waals surface area contributed by atoms with E-state index in [2.05, 4.69) is 20.6 Å². The molecule has 1 aromatic heterocycles. The summed E-state index contributed by atoms with van der Waals surface area (Å²) in [5.74, 6) is 0.422. The summed E-state index contributed by atoms with van der Waals surface area (Å²) in [6.07, 6.45) is 10.1. The maximum atomic E-state index is 12.5. The highest BCUT2D eigenvalue weighted by atomic mass is 16.2. The summed E-state index contributed by atoms with van der Waals surface area (Å²) in [7, 11) is 0. The minimum atomic E-state index is -0.657. The normalized spacial score (nSPS) is 28.3. The molecule has 1 aromatic rings. The Hall–Kier alpha value is -1.98. The Balaban J connectivity index is 1.44. The number of aromatic nitrogens is 2. The van der Waals surface area contributed by atoms with Crippen LogP contribution in [0, 0.1) is 5.41 Å². The van der Waals surface area contributed by atoms with Crippen molar-refractivity contribution in [3.05, 3.63) is 24.3 Å². The molecule has 1 saturated heterocycles. The summed E-state index contributed by atoms with van der Waals surface area (Å²) in [5.41, 5.74) is -0.352. The molecule has 22 heavy (non-hydrogen) atoms. The summed E-state index contributed by atoms with van der Waals surface area (Å²) in [4.78, 5) is 33.1. The molecule has 2 heterocycles. The Morgan fingerprint density at radius 2 is 1.82 bits per heavy atom. The van der Waals surface area contributed by atoms with E-state index in [0.29, 0.717) is 17.7 Å². The molecule has 1 aliphatic heterocycles. The molecule has 2 amide bonds. The van der Waals surface area contributed by atoms with E-state index < -0.39 is 11.6 Å². The third-order valence-electron chi connectivity index (χ3n) is 5.44. The first-order valence-corrected chi connectivity index (χ1v) is 8.00. The fourth-order valence-electron chi connectivity index (χ4n) is 4.46. The molecule has 6 nitrogen and oxygen atoms in total. The van der Waals surface area contributed by atoms with Crippen LogP contribution >= 0.6 is 0 Å². The molecule has 1 unspecified atom stereocenters. The zero-order valence-electron chi connectivity index (χ0n) is 12.5. The van der Waals surface area contributed by atoms with Gasteiger partial charge in [-0.3, -0.25) is 9.59 Å². The van der Waals surface area contributed by atoms with Gasteiger partial charge in [0.2, 0.25) is 11.8 Å². The second kappa shape index (κ2) is 4.76. The van der Waals surface area contributed by atoms with Crippen LogP contribution in [0.3, 0.4) is 0 Å². The minimum absolute atomic E-state index is 0.0365. The van der Waals surface area contributed by atoms with Gasteiger partial charge in [-0.1, -0.05) is 12.8 Å². The van der Waals surface area contributed by atoms with E-state index in [-0.39, 0.29) is 11.8 Å². The molecule has 0 radical (unpaired) electrons. The molecule has 4 rings (SSSR count). The predicted molar refractivity (Wildman–Crippen MR) is 78.7 cm³/mol. The number of piperazine rings is 1. The van der Waals surface area contributed by atoms with Crippen molar-refractivity contribution in [2.75, 3.05) is 0 Å². The Kier molecular flexibility index (Phi) is 2.96. The fourth-order valence-corrected chi connectivity index (χ4v) is 4.46. The summed E-state index contributed by atoms with van der Waals surface area (Å²) >= 11 is 0. The zero-order valence-corrected chi connectivity index (χ0v) is 12.5. The van der Waals surface area contributed by atoms with E-state index >= 15 is 0 Å². The van der Waals surface area contributed by atoms with Gasteiger partial charge in [-0.05, 0) is 37.2 Å². The van der Waals surface area contributed by atoms with Gasteiger partial charge in [0.1, 0.15) is 17.4 Å². The van der Waals surface area contributed by atoms with E-state index in [9.17, 15) is 9.59 Å². The average Bonchev–Trinajstić information content (AvgIpc) is 2.94. The van der Waals surface area contributed by atoms with Gasteiger partial charge >= 0.3 is 0 Å². The summed E-state index contributed by atoms with van der Waals surface area (Å²) in [6.45, 7) is 0. The molecule has 0 bridgehead atoms. The summed E-state index contributed by atoms with van der Waals surface area (Å²) < 4.78 is 0. The van der Waals surface area contributed by atoms with Gasteiger partial charge in [-0.2, -0.15) is 0 Å². The first kappa shape index (κ1) is 13.7. The van der Waals surface area contributed by atoms with Gasteiger partial charge in [-0.25, -0.2) is 9.97 Å². The number of rotatable bonds is 2. The molecule has 2 saturated carbocycles. The summed E-state index contributed by atoms with van der Waals surface area (Å²) in [6, 6.07) is 1.16. The van der Waals surface area contributed by atoms with Crippen LogP contribution in [-0.4, -0.2) is 33.4 Å². The van der Waals surface area contributed by atoms with Crippen molar-refractivity contribution in [1.82, 2.24) is 20.6 Å². The Morgan fingerprint density at radius 1 is 1.14 bits per heavy atom. The van der Waals surface area contributed by atoms with Crippen LogP contribution in [0.1, 0.15) is 44.3 Å². The van der Waals surface area contributed by atoms with E-state index in [0.717, 1.165) is 12.8 Å². The molecule has 1 atom stereocenters. The number of amides is 2. The predicted octanol–water partition coefficient (Wildman–Crippen LogP) is 0.727. The fraction of sp³-hybridized carbons (Fsp3) is 0.625. The lowest BCUT2D eigenvalue weighted by Crippen LogP contribution is -2.75. The lowest BCUT2D eigenvalue weighted by atomic mass is 9.55. The molecule has 2 spiro atoms. The number of hydrogen-bond donors (Lipinski definition) is 2. The Labute approximate surface area is 129 Å². The van der Waals surface area contributed by atoms with Crippen molar-refractivity contribution in [3.63, 3.8) is 0 Å². The largest absolute Gasteiger partial charge is 0.342 e. The molecule has 116 valence electrons. The van der Waals surface area contributed by atoms with Crippen LogP contribution in [0.5, 0.6) is 0 Å². The van der Waals surface area contributed by atoms with E-state index in [1.54, 1.807) is 18.5 Å². The quantitative estimate of drug-likeness (QED) is 0.843. The molecule has 3 aliphatic rings. The number of carbonyl (C=O) groups excluding carboxylic acids is 2. The maximum Gasteiger partial charge on any atom is 0.246 e. The monoisotopic (exact) mass is 300 g/mol. The number of nitrogens with zero attached hydrogens (tertiary/aromatic N) is 2. The molecule has 0 aromatic carbocycles. The third-order valence-corrected chi connectivity index (χ3v) is 5.44. The molecule has 2 N–H and O–H groups in total. The van der Waals surface area contributed by atoms with Crippen LogP contribution in [0.25, 0.3) is 0 Å². The highest BCUT2D eigenvalue weighted by Gasteiger charge is 2.62. The van der Waals surface area contributed by atoms with Gasteiger partial charge in [0.15, 0.2) is 0 Å². The molecular formula is C16H20N4O2. The van der Waals surface area contributed by atoms with E-state index in [1.165, 1.54) is 25.7 Å². The zero-order chi connectivity index (χ0) is 15.2. The highest BCUT2D eigenvalue weighted by Crippen LogP contribution is 2.58. The first-order chi connectivity index (χ1) is 10.6. The summed E-state index contributed by atoms with van der Waals surface area (Å²) in [5, 5.41) is 5.88. The number of nitrogens with one attached hydrogen (secondary N) is 2. The molecule has 6 heteroatoms. The van der Waals surface area contributed by atoms with Gasteiger partial charge in [0, 0.05) is 18.8 Å². The van der Waals surface area contributed by atoms with Crippen LogP contribution in [0.2, 0.25) is 0 Å². The van der Waals surface area contributed by atoms with Crippen molar-refractivity contribution in [1.29, 1.82) is 0 Å². The van der Waals surface area contributed by atoms with Crippen molar-refractivity contribution in [3.8, 4) is 0 Å². The standard InChI is InChI=1S/C16H20N4O2/c21-13-11(8-12-17-6-3-7-18-12)19-14(22)16(20-13)9-15(10-16)4-1-2-5-15/h3,6-7,11H,1-2,4-5,8-10H2,(H,19,22)(H,20,21). The SMILES string of the molecule is O=C1NC2(CC3(CCCC3)C2)C(=O)NC1Cc1ncccn1. The van der Waals surface area contributed by atoms with Crippen molar-refractivity contribution < 1.29 is 9.59 Å². The van der Waals surface area contributed by atoms with Crippen molar-refractivity contribution in [2.24, 2.45) is 5.41 Å². The van der Waals surface area contributed by atoms with Crippen LogP contribution in [0.4, 0.5) is 0 Å². The lowest BCUT2D eigenvalue weighted by Gasteiger charge is -2.56. The number of hydrogen-bond acceptors (Lipinski definition) is 4. The Bertz CT molecular complexity index is 602. The molecular weight excluding hydrogens is 280 g/mol. The second-order valence-corrected chi connectivity index (χ2v) is 7.03. The molecule has 2 aliphatic carbocycles. The lowest BCUT2D eigenvalue weighted by molar-refractivity contribution is -0.152.